The molecule has 25 heavy (non-hydrogen) atoms. The van der Waals surface area contributed by atoms with Crippen LogP contribution in [0.4, 0.5) is 0 Å². The van der Waals surface area contributed by atoms with Crippen molar-refractivity contribution in [1.29, 1.82) is 10.5 Å². The van der Waals surface area contributed by atoms with Crippen LogP contribution in [-0.2, 0) is 0 Å². The van der Waals surface area contributed by atoms with Crippen LogP contribution in [0.15, 0.2) is 66.2 Å². The van der Waals surface area contributed by atoms with Crippen LogP contribution in [0.1, 0.15) is 24.0 Å². The molecule has 0 spiro atoms. The number of hydrogen-bond acceptors (Lipinski definition) is 4. The first-order valence-electron chi connectivity index (χ1n) is 7.85. The second-order valence-corrected chi connectivity index (χ2v) is 5.70. The zero-order valence-electron chi connectivity index (χ0n) is 13.8. The molecular formula is C20H17N3O2. The molecule has 0 aliphatic heterocycles. The fourth-order valence-electron chi connectivity index (χ4n) is 3.01. The summed E-state index contributed by atoms with van der Waals surface area (Å²) in [4.78, 5) is 10.9. The number of benzene rings is 2. The van der Waals surface area contributed by atoms with Crippen molar-refractivity contribution in [3.05, 3.63) is 87.5 Å². The number of hydrogen-bond donors (Lipinski definition) is 0. The molecule has 5 nitrogen and oxygen atoms in total. The summed E-state index contributed by atoms with van der Waals surface area (Å²) in [6.07, 6.45) is 0. The van der Waals surface area contributed by atoms with Crippen LogP contribution >= 0.6 is 0 Å². The molecular weight excluding hydrogens is 314 g/mol. The third kappa shape index (κ3) is 4.31. The molecule has 5 heteroatoms. The summed E-state index contributed by atoms with van der Waals surface area (Å²) < 4.78 is 0. The van der Waals surface area contributed by atoms with Crippen LogP contribution < -0.4 is 0 Å². The van der Waals surface area contributed by atoms with Gasteiger partial charge in [0.05, 0.1) is 5.92 Å². The molecule has 0 N–H and O–H groups in total. The minimum absolute atomic E-state index is 0.0111. The summed E-state index contributed by atoms with van der Waals surface area (Å²) in [5.74, 6) is -0.812. The average Bonchev–Trinajstić information content (AvgIpc) is 2.65. The molecule has 0 heterocycles. The summed E-state index contributed by atoms with van der Waals surface area (Å²) in [6, 6.07) is 22.2. The monoisotopic (exact) mass is 331 g/mol. The Kier molecular flexibility index (Phi) is 6.03. The van der Waals surface area contributed by atoms with Crippen LogP contribution in [0, 0.1) is 38.7 Å². The van der Waals surface area contributed by atoms with Crippen LogP contribution in [0.25, 0.3) is 5.57 Å². The summed E-state index contributed by atoms with van der Waals surface area (Å²) in [7, 11) is 0. The lowest BCUT2D eigenvalue weighted by Gasteiger charge is -2.24. The van der Waals surface area contributed by atoms with E-state index in [4.69, 9.17) is 0 Å². The highest BCUT2D eigenvalue weighted by Crippen LogP contribution is 2.37. The lowest BCUT2D eigenvalue weighted by atomic mass is 9.78. The van der Waals surface area contributed by atoms with Gasteiger partial charge in [-0.2, -0.15) is 10.5 Å². The Hall–Kier alpha value is -3.44. The number of nitro groups is 1. The van der Waals surface area contributed by atoms with E-state index in [0.717, 1.165) is 11.1 Å². The van der Waals surface area contributed by atoms with Gasteiger partial charge in [0.25, 0.3) is 0 Å². The molecule has 2 rings (SSSR count). The smallest absolute Gasteiger partial charge is 0.211 e. The van der Waals surface area contributed by atoms with Gasteiger partial charge in [-0.3, -0.25) is 10.1 Å². The highest BCUT2D eigenvalue weighted by molar-refractivity contribution is 5.77. The van der Waals surface area contributed by atoms with Crippen molar-refractivity contribution in [3.63, 3.8) is 0 Å². The van der Waals surface area contributed by atoms with Gasteiger partial charge in [0, 0.05) is 4.92 Å². The second-order valence-electron chi connectivity index (χ2n) is 5.70. The molecule has 2 atom stereocenters. The first kappa shape index (κ1) is 17.9. The van der Waals surface area contributed by atoms with E-state index in [2.05, 4.69) is 0 Å². The molecule has 0 aromatic heterocycles. The van der Waals surface area contributed by atoms with Crippen LogP contribution in [0.3, 0.4) is 0 Å². The summed E-state index contributed by atoms with van der Waals surface area (Å²) in [5.41, 5.74) is 2.08. The molecule has 0 aliphatic carbocycles. The highest BCUT2D eigenvalue weighted by Gasteiger charge is 2.30. The normalized spacial score (nSPS) is 12.3. The van der Waals surface area contributed by atoms with E-state index in [1.54, 1.807) is 0 Å². The predicted octanol–water partition coefficient (Wildman–Crippen LogP) is 4.18. The van der Waals surface area contributed by atoms with Crippen molar-refractivity contribution >= 4 is 5.57 Å². The van der Waals surface area contributed by atoms with Crippen LogP contribution in [0.5, 0.6) is 0 Å². The first-order valence-corrected chi connectivity index (χ1v) is 7.85. The van der Waals surface area contributed by atoms with Gasteiger partial charge in [0.2, 0.25) is 6.54 Å². The molecule has 2 unspecified atom stereocenters. The van der Waals surface area contributed by atoms with Crippen LogP contribution in [-0.4, -0.2) is 11.5 Å². The molecule has 0 radical (unpaired) electrons. The molecule has 0 fully saturated rings. The predicted molar refractivity (Wildman–Crippen MR) is 94.8 cm³/mol. The maximum Gasteiger partial charge on any atom is 0.211 e. The Bertz CT molecular complexity index is 830. The van der Waals surface area contributed by atoms with E-state index in [1.165, 1.54) is 0 Å². The topological polar surface area (TPSA) is 90.7 Å². The largest absolute Gasteiger partial charge is 0.265 e. The molecule has 0 saturated heterocycles. The first-order chi connectivity index (χ1) is 12.1. The van der Waals surface area contributed by atoms with Crippen molar-refractivity contribution in [2.45, 2.75) is 12.8 Å². The fourth-order valence-corrected chi connectivity index (χ4v) is 3.01. The van der Waals surface area contributed by atoms with Crippen molar-refractivity contribution in [3.8, 4) is 12.1 Å². The van der Waals surface area contributed by atoms with Crippen molar-refractivity contribution in [2.75, 3.05) is 6.54 Å². The van der Waals surface area contributed by atoms with Gasteiger partial charge in [-0.15, -0.1) is 0 Å². The molecule has 0 amide bonds. The fraction of sp³-hybridized carbons (Fsp3) is 0.200. The second kappa shape index (κ2) is 8.42. The van der Waals surface area contributed by atoms with Gasteiger partial charge in [-0.25, -0.2) is 0 Å². The van der Waals surface area contributed by atoms with Gasteiger partial charge in [-0.05, 0) is 22.6 Å². The minimum Gasteiger partial charge on any atom is -0.265 e. The summed E-state index contributed by atoms with van der Waals surface area (Å²) in [6.45, 7) is 1.56. The van der Waals surface area contributed by atoms with E-state index in [-0.39, 0.29) is 23.0 Å². The maximum atomic E-state index is 11.2. The standard InChI is InChI=1S/C20H17N3O2/c1-15(19(14-23(24)25)16-8-4-2-5-9-16)20(18(12-21)13-22)17-10-6-3-7-11-17/h2-11,15,19H,14H2,1H3. The Balaban J connectivity index is 2.59. The Labute approximate surface area is 146 Å². The number of nitrogens with zero attached hydrogens (tertiary/aromatic N) is 3. The van der Waals surface area contributed by atoms with Crippen molar-refractivity contribution < 1.29 is 4.92 Å². The molecule has 0 bridgehead atoms. The molecule has 2 aromatic carbocycles. The summed E-state index contributed by atoms with van der Waals surface area (Å²) >= 11 is 0. The van der Waals surface area contributed by atoms with E-state index in [9.17, 15) is 20.6 Å². The van der Waals surface area contributed by atoms with Gasteiger partial charge in [0.15, 0.2) is 0 Å². The highest BCUT2D eigenvalue weighted by atomic mass is 16.6. The average molecular weight is 331 g/mol. The Morgan fingerprint density at radius 1 is 1.04 bits per heavy atom. The van der Waals surface area contributed by atoms with Gasteiger partial charge < -0.3 is 0 Å². The zero-order chi connectivity index (χ0) is 18.2. The number of rotatable bonds is 6. The van der Waals surface area contributed by atoms with E-state index >= 15 is 0 Å². The SMILES string of the molecule is CC(C(=C(C#N)C#N)c1ccccc1)C(C[N+](=O)[O-])c1ccccc1. The zero-order valence-corrected chi connectivity index (χ0v) is 13.8. The molecule has 124 valence electrons. The lowest BCUT2D eigenvalue weighted by molar-refractivity contribution is -0.484. The van der Waals surface area contributed by atoms with Gasteiger partial charge in [0.1, 0.15) is 17.7 Å². The molecule has 0 aliphatic rings. The maximum absolute atomic E-state index is 11.2. The number of nitriles is 2. The number of allylic oxidation sites excluding steroid dienone is 2. The molecule has 2 aromatic rings. The Morgan fingerprint density at radius 3 is 2.04 bits per heavy atom. The third-order valence-electron chi connectivity index (χ3n) is 4.21. The van der Waals surface area contributed by atoms with E-state index < -0.39 is 5.92 Å². The molecule has 0 saturated carbocycles. The van der Waals surface area contributed by atoms with E-state index in [1.807, 2.05) is 79.7 Å². The minimum atomic E-state index is -0.442. The lowest BCUT2D eigenvalue weighted by Crippen LogP contribution is -2.21. The third-order valence-corrected chi connectivity index (χ3v) is 4.21. The Morgan fingerprint density at radius 2 is 1.56 bits per heavy atom. The quantitative estimate of drug-likeness (QED) is 0.451. The summed E-state index contributed by atoms with van der Waals surface area (Å²) in [5, 5.41) is 30.0. The van der Waals surface area contributed by atoms with E-state index in [0.29, 0.717) is 5.57 Å². The van der Waals surface area contributed by atoms with Gasteiger partial charge in [-0.1, -0.05) is 67.6 Å². The van der Waals surface area contributed by atoms with Crippen LogP contribution in [0.2, 0.25) is 0 Å². The van der Waals surface area contributed by atoms with Crippen molar-refractivity contribution in [2.24, 2.45) is 5.92 Å². The van der Waals surface area contributed by atoms with Gasteiger partial charge >= 0.3 is 0 Å². The van der Waals surface area contributed by atoms with Crippen molar-refractivity contribution in [1.82, 2.24) is 0 Å².